The number of carbonyl (C=O) groups is 1. The van der Waals surface area contributed by atoms with Crippen LogP contribution in [0.3, 0.4) is 0 Å². The van der Waals surface area contributed by atoms with E-state index in [1.54, 1.807) is 17.2 Å². The molecule has 2 unspecified atom stereocenters. The first kappa shape index (κ1) is 22.5. The number of aromatic nitrogens is 4. The molecule has 11 heteroatoms. The molecule has 1 amide bonds. The van der Waals surface area contributed by atoms with Gasteiger partial charge in [0.2, 0.25) is 5.91 Å². The van der Waals surface area contributed by atoms with Gasteiger partial charge in [-0.1, -0.05) is 31.2 Å². The lowest BCUT2D eigenvalue weighted by Crippen LogP contribution is -2.56. The van der Waals surface area contributed by atoms with Gasteiger partial charge in [-0.05, 0) is 25.7 Å². The highest BCUT2D eigenvalue weighted by Crippen LogP contribution is 2.35. The Morgan fingerprint density at radius 3 is 2.75 bits per heavy atom. The van der Waals surface area contributed by atoms with Crippen LogP contribution in [0.1, 0.15) is 32.4 Å². The average molecular weight is 467 g/mol. The topological polar surface area (TPSA) is 75.9 Å². The monoisotopic (exact) mass is 466 g/mol. The number of amides is 1. The average Bonchev–Trinajstić information content (AvgIpc) is 3.45. The van der Waals surface area contributed by atoms with Crippen LogP contribution in [-0.4, -0.2) is 49.9 Å². The molecule has 1 fully saturated rings. The van der Waals surface area contributed by atoms with Crippen molar-refractivity contribution < 1.29 is 18.0 Å². The van der Waals surface area contributed by atoms with E-state index in [0.29, 0.717) is 13.1 Å². The first-order chi connectivity index (χ1) is 15.2. The van der Waals surface area contributed by atoms with Crippen LogP contribution in [0.15, 0.2) is 42.1 Å². The lowest BCUT2D eigenvalue weighted by Gasteiger charge is -2.44. The molecular formula is C21H25F3N6OS. The maximum atomic E-state index is 13.7. The van der Waals surface area contributed by atoms with E-state index in [1.165, 1.54) is 0 Å². The van der Waals surface area contributed by atoms with Gasteiger partial charge >= 0.3 is 6.18 Å². The molecule has 7 nitrogen and oxygen atoms in total. The molecule has 0 radical (unpaired) electrons. The van der Waals surface area contributed by atoms with Gasteiger partial charge in [0.15, 0.2) is 10.8 Å². The van der Waals surface area contributed by atoms with Gasteiger partial charge in [-0.15, -0.1) is 11.3 Å². The predicted molar refractivity (Wildman–Crippen MR) is 115 cm³/mol. The van der Waals surface area contributed by atoms with Crippen molar-refractivity contribution >= 4 is 22.4 Å². The van der Waals surface area contributed by atoms with Gasteiger partial charge in [0.05, 0.1) is 24.4 Å². The number of thiazole rings is 1. The Bertz CT molecular complexity index is 1000. The Labute approximate surface area is 188 Å². The highest BCUT2D eigenvalue weighted by Gasteiger charge is 2.44. The molecule has 4 rings (SSSR count). The third-order valence-electron chi connectivity index (χ3n) is 6.25. The zero-order valence-corrected chi connectivity index (χ0v) is 18.6. The van der Waals surface area contributed by atoms with E-state index in [9.17, 15) is 18.0 Å². The van der Waals surface area contributed by atoms with Crippen LogP contribution in [0.4, 0.5) is 18.3 Å². The van der Waals surface area contributed by atoms with Gasteiger partial charge in [-0.3, -0.25) is 4.79 Å². The molecule has 4 atom stereocenters. The number of halogens is 3. The Morgan fingerprint density at radius 2 is 2.06 bits per heavy atom. The SMILES string of the molecule is C[C@@H]1CCCN(C(=O)C2C=CC=CC2(C)n2nccn2)[C@@H]1CNc1nc(C(F)(F)F)cs1. The largest absolute Gasteiger partial charge is 0.434 e. The molecule has 2 aliphatic rings. The molecule has 32 heavy (non-hydrogen) atoms. The Kier molecular flexibility index (Phi) is 6.11. The number of likely N-dealkylation sites (tertiary alicyclic amines) is 1. The number of rotatable bonds is 5. The fraction of sp³-hybridized carbons (Fsp3) is 0.524. The Hall–Kier alpha value is -2.69. The first-order valence-electron chi connectivity index (χ1n) is 10.5. The van der Waals surface area contributed by atoms with Crippen molar-refractivity contribution in [3.05, 3.63) is 47.8 Å². The first-order valence-corrected chi connectivity index (χ1v) is 11.4. The highest BCUT2D eigenvalue weighted by molar-refractivity contribution is 7.13. The Balaban J connectivity index is 1.53. The van der Waals surface area contributed by atoms with Gasteiger partial charge in [0.25, 0.3) is 0 Å². The molecule has 1 aliphatic heterocycles. The molecule has 0 aromatic carbocycles. The summed E-state index contributed by atoms with van der Waals surface area (Å²) in [5.74, 6) is -0.345. The number of nitrogens with one attached hydrogen (secondary N) is 1. The van der Waals surface area contributed by atoms with Crippen LogP contribution in [0.5, 0.6) is 0 Å². The van der Waals surface area contributed by atoms with Crippen LogP contribution in [-0.2, 0) is 16.5 Å². The molecule has 2 aromatic rings. The number of anilines is 1. The molecule has 1 N–H and O–H groups in total. The maximum Gasteiger partial charge on any atom is 0.434 e. The second-order valence-electron chi connectivity index (χ2n) is 8.40. The van der Waals surface area contributed by atoms with Crippen LogP contribution in [0.25, 0.3) is 0 Å². The molecule has 0 bridgehead atoms. The summed E-state index contributed by atoms with van der Waals surface area (Å²) in [6.07, 6.45) is 8.03. The number of allylic oxidation sites excluding steroid dienone is 3. The minimum absolute atomic E-state index is 0.0427. The van der Waals surface area contributed by atoms with Gasteiger partial charge < -0.3 is 10.2 Å². The van der Waals surface area contributed by atoms with Crippen LogP contribution in [0.2, 0.25) is 0 Å². The van der Waals surface area contributed by atoms with Gasteiger partial charge in [-0.25, -0.2) is 4.98 Å². The minimum Gasteiger partial charge on any atom is -0.359 e. The van der Waals surface area contributed by atoms with E-state index < -0.39 is 23.3 Å². The summed E-state index contributed by atoms with van der Waals surface area (Å²) < 4.78 is 38.6. The molecule has 3 heterocycles. The smallest absolute Gasteiger partial charge is 0.359 e. The number of hydrogen-bond acceptors (Lipinski definition) is 6. The van der Waals surface area contributed by atoms with E-state index in [1.807, 2.05) is 36.1 Å². The molecule has 2 aromatic heterocycles. The van der Waals surface area contributed by atoms with Gasteiger partial charge in [0, 0.05) is 18.5 Å². The summed E-state index contributed by atoms with van der Waals surface area (Å²) in [5.41, 5.74) is -1.65. The van der Waals surface area contributed by atoms with Crippen LogP contribution in [0, 0.1) is 11.8 Å². The molecular weight excluding hydrogens is 441 g/mol. The van der Waals surface area contributed by atoms with E-state index in [-0.39, 0.29) is 23.0 Å². The van der Waals surface area contributed by atoms with Crippen molar-refractivity contribution in [3.63, 3.8) is 0 Å². The number of carbonyl (C=O) groups excluding carboxylic acids is 1. The minimum atomic E-state index is -4.47. The van der Waals surface area contributed by atoms with E-state index in [0.717, 1.165) is 29.6 Å². The molecule has 1 saturated heterocycles. The van der Waals surface area contributed by atoms with Crippen molar-refractivity contribution in [1.82, 2.24) is 24.9 Å². The third kappa shape index (κ3) is 4.30. The molecule has 1 aliphatic carbocycles. The maximum absolute atomic E-state index is 13.7. The van der Waals surface area contributed by atoms with Crippen molar-refractivity contribution in [1.29, 1.82) is 0 Å². The summed E-state index contributed by atoms with van der Waals surface area (Å²) in [6, 6.07) is -0.163. The number of alkyl halides is 3. The molecule has 0 spiro atoms. The summed E-state index contributed by atoms with van der Waals surface area (Å²) in [6.45, 7) is 4.92. The standard InChI is InChI=1S/C21H25F3N6OS/c1-14-6-5-11-29(16(14)12-25-19-28-17(13-32-19)21(22,23)24)18(31)15-7-3-4-8-20(15,2)30-26-9-10-27-30/h3-4,7-10,13-16H,5-6,11-12H2,1-2H3,(H,25,28)/t14-,15?,16-,20?/m1/s1. The summed E-state index contributed by atoms with van der Waals surface area (Å²) in [7, 11) is 0. The second-order valence-corrected chi connectivity index (χ2v) is 9.26. The van der Waals surface area contributed by atoms with E-state index in [2.05, 4.69) is 27.4 Å². The van der Waals surface area contributed by atoms with Gasteiger partial charge in [-0.2, -0.15) is 28.2 Å². The lowest BCUT2D eigenvalue weighted by molar-refractivity contribution is -0.141. The van der Waals surface area contributed by atoms with Crippen LogP contribution < -0.4 is 5.32 Å². The fourth-order valence-corrected chi connectivity index (χ4v) is 5.13. The highest BCUT2D eigenvalue weighted by atomic mass is 32.1. The third-order valence-corrected chi connectivity index (χ3v) is 7.05. The van der Waals surface area contributed by atoms with E-state index >= 15 is 0 Å². The predicted octanol–water partition coefficient (Wildman–Crippen LogP) is 3.95. The lowest BCUT2D eigenvalue weighted by atomic mass is 9.80. The zero-order chi connectivity index (χ0) is 22.9. The Morgan fingerprint density at radius 1 is 1.31 bits per heavy atom. The quantitative estimate of drug-likeness (QED) is 0.722. The van der Waals surface area contributed by atoms with Crippen molar-refractivity contribution in [2.75, 3.05) is 18.4 Å². The number of piperidine rings is 1. The number of hydrogen-bond donors (Lipinski definition) is 1. The molecule has 172 valence electrons. The normalized spacial score (nSPS) is 28.2. The zero-order valence-electron chi connectivity index (χ0n) is 17.8. The summed E-state index contributed by atoms with van der Waals surface area (Å²) in [5, 5.41) is 12.7. The second kappa shape index (κ2) is 8.68. The fourth-order valence-electron chi connectivity index (χ4n) is 4.40. The molecule has 0 saturated carbocycles. The van der Waals surface area contributed by atoms with Crippen molar-refractivity contribution in [2.24, 2.45) is 11.8 Å². The summed E-state index contributed by atoms with van der Waals surface area (Å²) in [4.78, 5) is 20.8. The van der Waals surface area contributed by atoms with E-state index in [4.69, 9.17) is 0 Å². The van der Waals surface area contributed by atoms with Crippen LogP contribution >= 0.6 is 11.3 Å². The van der Waals surface area contributed by atoms with Crippen molar-refractivity contribution in [2.45, 2.75) is 44.4 Å². The van der Waals surface area contributed by atoms with Gasteiger partial charge in [0.1, 0.15) is 5.54 Å². The summed E-state index contributed by atoms with van der Waals surface area (Å²) >= 11 is 0.916. The van der Waals surface area contributed by atoms with Crippen molar-refractivity contribution in [3.8, 4) is 0 Å². The number of nitrogens with zero attached hydrogens (tertiary/aromatic N) is 5.